The second-order valence-electron chi connectivity index (χ2n) is 3.75. The van der Waals surface area contributed by atoms with Crippen molar-refractivity contribution in [1.82, 2.24) is 10.3 Å². The Kier molecular flexibility index (Phi) is 3.26. The molecule has 1 aromatic rings. The first kappa shape index (κ1) is 9.80. The summed E-state index contributed by atoms with van der Waals surface area (Å²) in [7, 11) is 0. The van der Waals surface area contributed by atoms with Crippen LogP contribution in [0.4, 0.5) is 0 Å². The Morgan fingerprint density at radius 3 is 3.29 bits per heavy atom. The third kappa shape index (κ3) is 2.62. The molecular weight excluding hydrogens is 196 g/mol. The molecule has 1 fully saturated rings. The highest BCUT2D eigenvalue weighted by Crippen LogP contribution is 2.15. The summed E-state index contributed by atoms with van der Waals surface area (Å²) in [4.78, 5) is 16.7. The Labute approximate surface area is 87.6 Å². The van der Waals surface area contributed by atoms with Gasteiger partial charge in [0, 0.05) is 23.9 Å². The zero-order chi connectivity index (χ0) is 9.80. The van der Waals surface area contributed by atoms with E-state index in [0.29, 0.717) is 18.1 Å². The number of Topliss-reactive ketones (excluding diaryl/α,β-unsaturated/α-hetero) is 1. The van der Waals surface area contributed by atoms with Crippen molar-refractivity contribution in [3.05, 3.63) is 16.6 Å². The number of hydrogen-bond acceptors (Lipinski definition) is 4. The van der Waals surface area contributed by atoms with Crippen LogP contribution in [0, 0.1) is 5.92 Å². The fourth-order valence-electron chi connectivity index (χ4n) is 1.81. The van der Waals surface area contributed by atoms with Crippen molar-refractivity contribution in [2.75, 3.05) is 13.1 Å². The Hall–Kier alpha value is -0.740. The number of nitrogens with one attached hydrogen (secondary N) is 1. The van der Waals surface area contributed by atoms with Gasteiger partial charge in [-0.15, -0.1) is 11.3 Å². The van der Waals surface area contributed by atoms with Crippen LogP contribution in [0.25, 0.3) is 0 Å². The number of hydrogen-bond donors (Lipinski definition) is 1. The average Bonchev–Trinajstić information content (AvgIpc) is 2.76. The molecule has 1 aliphatic heterocycles. The van der Waals surface area contributed by atoms with Crippen LogP contribution in [-0.4, -0.2) is 23.9 Å². The predicted octanol–water partition coefficient (Wildman–Crippen LogP) is 1.25. The average molecular weight is 210 g/mol. The van der Waals surface area contributed by atoms with Gasteiger partial charge in [-0.3, -0.25) is 9.78 Å². The van der Waals surface area contributed by atoms with Crippen LogP contribution in [0.1, 0.15) is 17.7 Å². The van der Waals surface area contributed by atoms with Gasteiger partial charge in [0.15, 0.2) is 0 Å². The van der Waals surface area contributed by atoms with E-state index in [9.17, 15) is 4.79 Å². The number of nitrogens with zero attached hydrogens (tertiary/aromatic N) is 1. The van der Waals surface area contributed by atoms with Gasteiger partial charge in [-0.25, -0.2) is 0 Å². The molecular formula is C10H14N2OS. The van der Waals surface area contributed by atoms with E-state index in [0.717, 1.165) is 30.8 Å². The quantitative estimate of drug-likeness (QED) is 0.813. The fraction of sp³-hybridized carbons (Fsp3) is 0.600. The zero-order valence-electron chi connectivity index (χ0n) is 8.03. The van der Waals surface area contributed by atoms with E-state index in [1.165, 1.54) is 0 Å². The SMILES string of the molecule is O=C(Cc1cncs1)CC1CCNC1. The van der Waals surface area contributed by atoms with Crippen molar-refractivity contribution in [2.24, 2.45) is 5.92 Å². The molecule has 3 nitrogen and oxygen atoms in total. The molecule has 4 heteroatoms. The lowest BCUT2D eigenvalue weighted by atomic mass is 10.0. The molecule has 0 aromatic carbocycles. The number of carbonyl (C=O) groups is 1. The lowest BCUT2D eigenvalue weighted by molar-refractivity contribution is -0.119. The maximum Gasteiger partial charge on any atom is 0.138 e. The molecule has 0 radical (unpaired) electrons. The van der Waals surface area contributed by atoms with Gasteiger partial charge >= 0.3 is 0 Å². The van der Waals surface area contributed by atoms with Gasteiger partial charge in [0.1, 0.15) is 5.78 Å². The number of rotatable bonds is 4. The van der Waals surface area contributed by atoms with Crippen molar-refractivity contribution in [3.63, 3.8) is 0 Å². The minimum Gasteiger partial charge on any atom is -0.316 e. The highest BCUT2D eigenvalue weighted by molar-refractivity contribution is 7.09. The maximum atomic E-state index is 11.6. The second kappa shape index (κ2) is 4.66. The van der Waals surface area contributed by atoms with Crippen LogP contribution in [0.3, 0.4) is 0 Å². The van der Waals surface area contributed by atoms with Gasteiger partial charge in [0.05, 0.1) is 5.51 Å². The van der Waals surface area contributed by atoms with E-state index in [2.05, 4.69) is 10.3 Å². The summed E-state index contributed by atoms with van der Waals surface area (Å²) in [5.74, 6) is 0.915. The highest BCUT2D eigenvalue weighted by atomic mass is 32.1. The van der Waals surface area contributed by atoms with Gasteiger partial charge in [-0.2, -0.15) is 0 Å². The molecule has 1 unspecified atom stereocenters. The molecule has 1 aromatic heterocycles. The Morgan fingerprint density at radius 1 is 1.71 bits per heavy atom. The van der Waals surface area contributed by atoms with Crippen molar-refractivity contribution in [2.45, 2.75) is 19.3 Å². The summed E-state index contributed by atoms with van der Waals surface area (Å²) in [6, 6.07) is 0. The minimum absolute atomic E-state index is 0.350. The van der Waals surface area contributed by atoms with Gasteiger partial charge in [-0.05, 0) is 25.4 Å². The largest absolute Gasteiger partial charge is 0.316 e. The first-order valence-corrected chi connectivity index (χ1v) is 5.82. The van der Waals surface area contributed by atoms with Crippen molar-refractivity contribution >= 4 is 17.1 Å². The molecule has 1 N–H and O–H groups in total. The van der Waals surface area contributed by atoms with Crippen LogP contribution in [0.15, 0.2) is 11.7 Å². The van der Waals surface area contributed by atoms with Crippen LogP contribution >= 0.6 is 11.3 Å². The monoisotopic (exact) mass is 210 g/mol. The number of thiazole rings is 1. The Balaban J connectivity index is 1.78. The molecule has 76 valence electrons. The van der Waals surface area contributed by atoms with Gasteiger partial charge < -0.3 is 5.32 Å². The van der Waals surface area contributed by atoms with E-state index < -0.39 is 0 Å². The van der Waals surface area contributed by atoms with E-state index in [4.69, 9.17) is 0 Å². The lowest BCUT2D eigenvalue weighted by Gasteiger charge is -2.05. The van der Waals surface area contributed by atoms with Crippen LogP contribution < -0.4 is 5.32 Å². The fourth-order valence-corrected chi connectivity index (χ4v) is 2.43. The molecule has 0 amide bonds. The second-order valence-corrected chi connectivity index (χ2v) is 4.72. The summed E-state index contributed by atoms with van der Waals surface area (Å²) >= 11 is 1.56. The van der Waals surface area contributed by atoms with Crippen molar-refractivity contribution < 1.29 is 4.79 Å². The molecule has 0 saturated carbocycles. The Bertz CT molecular complexity index is 291. The number of aromatic nitrogens is 1. The van der Waals surface area contributed by atoms with E-state index >= 15 is 0 Å². The van der Waals surface area contributed by atoms with Crippen LogP contribution in [0.2, 0.25) is 0 Å². The summed E-state index contributed by atoms with van der Waals surface area (Å²) in [6.45, 7) is 2.08. The van der Waals surface area contributed by atoms with Crippen molar-refractivity contribution in [3.8, 4) is 0 Å². The predicted molar refractivity (Wildman–Crippen MR) is 56.4 cm³/mol. The summed E-state index contributed by atoms with van der Waals surface area (Å²) in [6.07, 6.45) is 4.23. The lowest BCUT2D eigenvalue weighted by Crippen LogP contribution is -2.13. The molecule has 1 saturated heterocycles. The van der Waals surface area contributed by atoms with Gasteiger partial charge in [-0.1, -0.05) is 0 Å². The molecule has 0 bridgehead atoms. The first-order valence-electron chi connectivity index (χ1n) is 4.94. The van der Waals surface area contributed by atoms with Gasteiger partial charge in [0.25, 0.3) is 0 Å². The molecule has 1 aliphatic rings. The summed E-state index contributed by atoms with van der Waals surface area (Å²) in [5.41, 5.74) is 1.78. The van der Waals surface area contributed by atoms with Crippen LogP contribution in [-0.2, 0) is 11.2 Å². The topological polar surface area (TPSA) is 42.0 Å². The molecule has 14 heavy (non-hydrogen) atoms. The van der Waals surface area contributed by atoms with E-state index in [1.54, 1.807) is 23.0 Å². The maximum absolute atomic E-state index is 11.6. The third-order valence-electron chi connectivity index (χ3n) is 2.53. The van der Waals surface area contributed by atoms with Crippen LogP contribution in [0.5, 0.6) is 0 Å². The normalized spacial score (nSPS) is 21.3. The zero-order valence-corrected chi connectivity index (χ0v) is 8.85. The molecule has 0 aliphatic carbocycles. The molecule has 1 atom stereocenters. The van der Waals surface area contributed by atoms with E-state index in [1.807, 2.05) is 0 Å². The Morgan fingerprint density at radius 2 is 2.64 bits per heavy atom. The minimum atomic E-state index is 0.350. The van der Waals surface area contributed by atoms with Gasteiger partial charge in [0.2, 0.25) is 0 Å². The molecule has 2 rings (SSSR count). The van der Waals surface area contributed by atoms with Crippen molar-refractivity contribution in [1.29, 1.82) is 0 Å². The smallest absolute Gasteiger partial charge is 0.138 e. The molecule has 0 spiro atoms. The third-order valence-corrected chi connectivity index (χ3v) is 3.31. The first-order chi connectivity index (χ1) is 6.84. The summed E-state index contributed by atoms with van der Waals surface area (Å²) < 4.78 is 0. The summed E-state index contributed by atoms with van der Waals surface area (Å²) in [5, 5.41) is 3.27. The molecule has 2 heterocycles. The number of ketones is 1. The highest BCUT2D eigenvalue weighted by Gasteiger charge is 2.18. The standard InChI is InChI=1S/C10H14N2OS/c13-9(3-8-1-2-11-5-8)4-10-6-12-7-14-10/h6-8,11H,1-5H2. The number of carbonyl (C=O) groups excluding carboxylic acids is 1. The van der Waals surface area contributed by atoms with E-state index in [-0.39, 0.29) is 0 Å².